The highest BCUT2D eigenvalue weighted by atomic mass is 79.9. The van der Waals surface area contributed by atoms with Gasteiger partial charge in [0, 0.05) is 17.8 Å². The molecule has 0 amide bonds. The molecule has 0 radical (unpaired) electrons. The van der Waals surface area contributed by atoms with Gasteiger partial charge in [-0.05, 0) is 31.8 Å². The lowest BCUT2D eigenvalue weighted by atomic mass is 10.00. The van der Waals surface area contributed by atoms with Gasteiger partial charge in [-0.1, -0.05) is 22.9 Å². The van der Waals surface area contributed by atoms with Crippen molar-refractivity contribution in [1.29, 1.82) is 0 Å². The highest BCUT2D eigenvalue weighted by Gasteiger charge is 2.28. The fraction of sp³-hybridized carbons (Fsp3) is 1.00. The van der Waals surface area contributed by atoms with Gasteiger partial charge in [-0.25, -0.2) is 0 Å². The van der Waals surface area contributed by atoms with Crippen LogP contribution in [0.15, 0.2) is 0 Å². The first-order valence-electron chi connectivity index (χ1n) is 5.31. The summed E-state index contributed by atoms with van der Waals surface area (Å²) in [7, 11) is 0. The van der Waals surface area contributed by atoms with Gasteiger partial charge in [-0.2, -0.15) is 13.2 Å². The van der Waals surface area contributed by atoms with Crippen LogP contribution in [0, 0.1) is 5.92 Å². The number of alkyl halides is 4. The maximum atomic E-state index is 11.9. The van der Waals surface area contributed by atoms with Gasteiger partial charge in [0.25, 0.3) is 0 Å². The van der Waals surface area contributed by atoms with E-state index < -0.39 is 12.6 Å². The molecule has 2 atom stereocenters. The normalized spacial score (nSPS) is 29.4. The third kappa shape index (κ3) is 5.20. The number of nitrogens with zero attached hydrogens (tertiary/aromatic N) is 1. The van der Waals surface area contributed by atoms with Crippen LogP contribution < -0.4 is 0 Å². The molecule has 0 N–H and O–H groups in total. The molecule has 1 heterocycles. The molecule has 0 aromatic heterocycles. The molecule has 90 valence electrons. The Morgan fingerprint density at radius 2 is 2.07 bits per heavy atom. The molecule has 0 bridgehead atoms. The van der Waals surface area contributed by atoms with Gasteiger partial charge in [0.05, 0.1) is 0 Å². The summed E-state index contributed by atoms with van der Waals surface area (Å²) in [5.41, 5.74) is 0. The predicted octanol–water partition coefficient (Wildman–Crippen LogP) is 3.43. The third-order valence-corrected chi connectivity index (χ3v) is 4.18. The Bertz CT molecular complexity index is 196. The maximum absolute atomic E-state index is 11.9. The molecule has 5 heteroatoms. The Morgan fingerprint density at radius 1 is 1.40 bits per heavy atom. The molecular formula is C10H17BrF3N. The summed E-state index contributed by atoms with van der Waals surface area (Å²) in [6.45, 7) is 4.53. The topological polar surface area (TPSA) is 3.24 Å². The number of piperidine rings is 1. The van der Waals surface area contributed by atoms with E-state index in [1.165, 1.54) is 0 Å². The van der Waals surface area contributed by atoms with Crippen LogP contribution in [-0.4, -0.2) is 35.5 Å². The van der Waals surface area contributed by atoms with Gasteiger partial charge < -0.3 is 4.90 Å². The van der Waals surface area contributed by atoms with Gasteiger partial charge in [0.2, 0.25) is 0 Å². The Morgan fingerprint density at radius 3 is 2.60 bits per heavy atom. The van der Waals surface area contributed by atoms with Gasteiger partial charge in [-0.15, -0.1) is 0 Å². The van der Waals surface area contributed by atoms with E-state index in [0.717, 1.165) is 19.5 Å². The van der Waals surface area contributed by atoms with Crippen LogP contribution >= 0.6 is 15.9 Å². The molecule has 15 heavy (non-hydrogen) atoms. The second kappa shape index (κ2) is 5.53. The van der Waals surface area contributed by atoms with Crippen molar-refractivity contribution in [1.82, 2.24) is 4.90 Å². The van der Waals surface area contributed by atoms with E-state index in [0.29, 0.717) is 17.3 Å². The quantitative estimate of drug-likeness (QED) is 0.719. The summed E-state index contributed by atoms with van der Waals surface area (Å²) in [4.78, 5) is 2.66. The van der Waals surface area contributed by atoms with E-state index in [2.05, 4.69) is 27.8 Å². The first kappa shape index (κ1) is 13.3. The average molecular weight is 288 g/mol. The highest BCUT2D eigenvalue weighted by Crippen LogP contribution is 2.25. The van der Waals surface area contributed by atoms with Crippen LogP contribution in [0.2, 0.25) is 0 Å². The molecule has 1 fully saturated rings. The molecule has 0 saturated carbocycles. The standard InChI is InChI=1S/C10H17BrF3N/c1-8-7-15(6-3-9(8)11)5-2-4-10(12,13)14/h8-9H,2-7H2,1H3. The molecule has 1 aliphatic rings. The van der Waals surface area contributed by atoms with E-state index in [9.17, 15) is 13.2 Å². The summed E-state index contributed by atoms with van der Waals surface area (Å²) < 4.78 is 35.8. The van der Waals surface area contributed by atoms with Crippen LogP contribution in [0.25, 0.3) is 0 Å². The smallest absolute Gasteiger partial charge is 0.303 e. The minimum Gasteiger partial charge on any atom is -0.303 e. The first-order valence-corrected chi connectivity index (χ1v) is 6.23. The third-order valence-electron chi connectivity index (χ3n) is 2.82. The Kier molecular flexibility index (Phi) is 4.90. The molecule has 0 aliphatic carbocycles. The lowest BCUT2D eigenvalue weighted by molar-refractivity contribution is -0.136. The van der Waals surface area contributed by atoms with Crippen molar-refractivity contribution in [3.8, 4) is 0 Å². The zero-order valence-electron chi connectivity index (χ0n) is 8.86. The van der Waals surface area contributed by atoms with Crippen molar-refractivity contribution >= 4 is 15.9 Å². The zero-order valence-corrected chi connectivity index (χ0v) is 10.4. The number of rotatable bonds is 3. The van der Waals surface area contributed by atoms with Crippen LogP contribution in [0.4, 0.5) is 13.2 Å². The van der Waals surface area contributed by atoms with Gasteiger partial charge >= 0.3 is 6.18 Å². The fourth-order valence-corrected chi connectivity index (χ4v) is 2.28. The number of hydrogen-bond acceptors (Lipinski definition) is 1. The Balaban J connectivity index is 2.17. The molecule has 1 nitrogen and oxygen atoms in total. The molecule has 0 aromatic rings. The molecule has 2 unspecified atom stereocenters. The fourth-order valence-electron chi connectivity index (χ4n) is 1.91. The van der Waals surface area contributed by atoms with Crippen molar-refractivity contribution in [3.63, 3.8) is 0 Å². The van der Waals surface area contributed by atoms with Crippen LogP contribution in [0.5, 0.6) is 0 Å². The SMILES string of the molecule is CC1CN(CCCC(F)(F)F)CCC1Br. The van der Waals surface area contributed by atoms with E-state index >= 15 is 0 Å². The number of likely N-dealkylation sites (tertiary alicyclic amines) is 1. The van der Waals surface area contributed by atoms with Crippen molar-refractivity contribution in [3.05, 3.63) is 0 Å². The minimum absolute atomic E-state index is 0.225. The van der Waals surface area contributed by atoms with Gasteiger partial charge in [0.1, 0.15) is 0 Å². The van der Waals surface area contributed by atoms with Crippen molar-refractivity contribution < 1.29 is 13.2 Å². The summed E-state index contributed by atoms with van der Waals surface area (Å²) in [5, 5.41) is 0. The van der Waals surface area contributed by atoms with Crippen molar-refractivity contribution in [2.45, 2.75) is 37.2 Å². The van der Waals surface area contributed by atoms with Crippen molar-refractivity contribution in [2.75, 3.05) is 19.6 Å². The molecule has 0 aromatic carbocycles. The van der Waals surface area contributed by atoms with Crippen molar-refractivity contribution in [2.24, 2.45) is 5.92 Å². The molecule has 1 aliphatic heterocycles. The van der Waals surface area contributed by atoms with E-state index in [-0.39, 0.29) is 6.42 Å². The number of halogens is 4. The van der Waals surface area contributed by atoms with Gasteiger partial charge in [0.15, 0.2) is 0 Å². The van der Waals surface area contributed by atoms with Crippen LogP contribution in [-0.2, 0) is 0 Å². The summed E-state index contributed by atoms with van der Waals surface area (Å²) in [6, 6.07) is 0. The summed E-state index contributed by atoms with van der Waals surface area (Å²) >= 11 is 3.57. The lowest BCUT2D eigenvalue weighted by Gasteiger charge is -2.34. The second-order valence-corrected chi connectivity index (χ2v) is 5.48. The summed E-state index contributed by atoms with van der Waals surface area (Å²) in [5.74, 6) is 0.532. The van der Waals surface area contributed by atoms with Crippen LogP contribution in [0.1, 0.15) is 26.2 Å². The Hall–Kier alpha value is 0.230. The monoisotopic (exact) mass is 287 g/mol. The molecular weight excluding hydrogens is 271 g/mol. The largest absolute Gasteiger partial charge is 0.389 e. The second-order valence-electron chi connectivity index (χ2n) is 4.30. The predicted molar refractivity (Wildman–Crippen MR) is 58.2 cm³/mol. The summed E-state index contributed by atoms with van der Waals surface area (Å²) in [6.07, 6.45) is -3.40. The van der Waals surface area contributed by atoms with E-state index in [1.54, 1.807) is 0 Å². The first-order chi connectivity index (χ1) is 6.88. The minimum atomic E-state index is -4.00. The Labute approximate surface area is 97.1 Å². The van der Waals surface area contributed by atoms with Gasteiger partial charge in [-0.3, -0.25) is 0 Å². The average Bonchev–Trinajstić information content (AvgIpc) is 2.09. The zero-order chi connectivity index (χ0) is 11.5. The lowest BCUT2D eigenvalue weighted by Crippen LogP contribution is -2.40. The maximum Gasteiger partial charge on any atom is 0.389 e. The molecule has 1 rings (SSSR count). The highest BCUT2D eigenvalue weighted by molar-refractivity contribution is 9.09. The van der Waals surface area contributed by atoms with E-state index in [1.807, 2.05) is 0 Å². The van der Waals surface area contributed by atoms with Crippen LogP contribution in [0.3, 0.4) is 0 Å². The number of hydrogen-bond donors (Lipinski definition) is 0. The van der Waals surface area contributed by atoms with E-state index in [4.69, 9.17) is 0 Å². The molecule has 0 spiro atoms. The molecule has 1 saturated heterocycles.